The zero-order chi connectivity index (χ0) is 22.2. The topological polar surface area (TPSA) is 0 Å². The molecule has 0 fully saturated rings. The molecule has 0 bridgehead atoms. The highest BCUT2D eigenvalue weighted by Gasteiger charge is 2.16. The maximum Gasteiger partial charge on any atom is 0.0253 e. The Kier molecular flexibility index (Phi) is 7.82. The number of halogens is 2. The summed E-state index contributed by atoms with van der Waals surface area (Å²) in [7, 11) is 0. The van der Waals surface area contributed by atoms with Crippen LogP contribution in [0.15, 0.2) is 109 Å². The predicted molar refractivity (Wildman–Crippen MR) is 153 cm³/mol. The van der Waals surface area contributed by atoms with Crippen LogP contribution in [0.2, 0.25) is 0 Å². The highest BCUT2D eigenvalue weighted by Crippen LogP contribution is 2.36. The molecular weight excluding hydrogens is 614 g/mol. The predicted octanol–water partition coefficient (Wildman–Crippen LogP) is 8.18. The Morgan fingerprint density at radius 1 is 0.406 bits per heavy atom. The average Bonchev–Trinajstić information content (AvgIpc) is 2.85. The van der Waals surface area contributed by atoms with Crippen LogP contribution in [0.4, 0.5) is 0 Å². The molecule has 2 heteroatoms. The van der Waals surface area contributed by atoms with E-state index >= 15 is 0 Å². The van der Waals surface area contributed by atoms with Crippen LogP contribution < -0.4 is 0 Å². The minimum Gasteiger partial charge on any atom is -0.0622 e. The Hall–Kier alpha value is -2.80. The van der Waals surface area contributed by atoms with Crippen molar-refractivity contribution >= 4 is 56.3 Å². The molecule has 0 saturated carbocycles. The van der Waals surface area contributed by atoms with E-state index in [9.17, 15) is 0 Å². The Morgan fingerprint density at radius 3 is 1.03 bits per heavy atom. The van der Waals surface area contributed by atoms with Crippen LogP contribution in [0.5, 0.6) is 0 Å². The Balaban J connectivity index is 2.02. The van der Waals surface area contributed by atoms with Crippen LogP contribution in [0.1, 0.15) is 33.4 Å². The van der Waals surface area contributed by atoms with Gasteiger partial charge in [-0.25, -0.2) is 0 Å². The van der Waals surface area contributed by atoms with Crippen LogP contribution >= 0.6 is 45.2 Å². The molecule has 0 amide bonds. The molecule has 0 aromatic heterocycles. The van der Waals surface area contributed by atoms with Crippen molar-refractivity contribution in [3.63, 3.8) is 0 Å². The number of benzene rings is 4. The molecule has 32 heavy (non-hydrogen) atoms. The zero-order valence-corrected chi connectivity index (χ0v) is 21.5. The van der Waals surface area contributed by atoms with E-state index in [0.717, 1.165) is 22.3 Å². The molecule has 0 spiro atoms. The summed E-state index contributed by atoms with van der Waals surface area (Å²) in [6.07, 6.45) is 0. The van der Waals surface area contributed by atoms with E-state index in [1.165, 1.54) is 22.3 Å². The Bertz CT molecular complexity index is 1230. The fourth-order valence-electron chi connectivity index (χ4n) is 3.67. The zero-order valence-electron chi connectivity index (χ0n) is 17.1. The van der Waals surface area contributed by atoms with Gasteiger partial charge in [0.2, 0.25) is 0 Å². The van der Waals surface area contributed by atoms with Gasteiger partial charge in [-0.15, -0.1) is 0 Å². The van der Waals surface area contributed by atoms with Gasteiger partial charge in [0, 0.05) is 56.3 Å². The van der Waals surface area contributed by atoms with E-state index in [1.54, 1.807) is 0 Å². The second-order valence-corrected chi connectivity index (χ2v) is 8.15. The molecule has 0 aliphatic rings. The third-order valence-electron chi connectivity index (χ3n) is 5.11. The number of hydrogen-bond acceptors (Lipinski definition) is 0. The molecular formula is C30H18I2. The molecule has 4 aromatic rings. The second kappa shape index (κ2) is 11.2. The summed E-state index contributed by atoms with van der Waals surface area (Å²) >= 11 is 4.15. The molecule has 0 N–H and O–H groups in total. The summed E-state index contributed by atoms with van der Waals surface area (Å²) in [6, 6.07) is 38.2. The molecule has 152 valence electrons. The standard InChI is InChI=1S/C30H18I2/c31-21-19-23-11-15-27(16-12-23)29(25-7-3-1-4-8-25)30(26-9-5-2-6-10-26)28-17-13-24(14-18-28)20-22-32/h1-18H/b30-29+. The maximum atomic E-state index is 3.13. The van der Waals surface area contributed by atoms with Gasteiger partial charge in [0.1, 0.15) is 0 Å². The second-order valence-electron chi connectivity index (χ2n) is 7.08. The molecule has 0 atom stereocenters. The normalized spacial score (nSPS) is 10.8. The average molecular weight is 632 g/mol. The quantitative estimate of drug-likeness (QED) is 0.121. The van der Waals surface area contributed by atoms with Crippen molar-refractivity contribution in [2.24, 2.45) is 0 Å². The van der Waals surface area contributed by atoms with Gasteiger partial charge in [-0.1, -0.05) is 96.8 Å². The van der Waals surface area contributed by atoms with E-state index in [4.69, 9.17) is 0 Å². The lowest BCUT2D eigenvalue weighted by molar-refractivity contribution is 1.49. The monoisotopic (exact) mass is 632 g/mol. The first-order chi connectivity index (χ1) is 15.8. The third-order valence-corrected chi connectivity index (χ3v) is 5.64. The Morgan fingerprint density at radius 2 is 0.719 bits per heavy atom. The van der Waals surface area contributed by atoms with Crippen molar-refractivity contribution in [1.82, 2.24) is 0 Å². The van der Waals surface area contributed by atoms with Crippen LogP contribution in [0.3, 0.4) is 0 Å². The van der Waals surface area contributed by atoms with Crippen LogP contribution in [-0.2, 0) is 0 Å². The molecule has 0 radical (unpaired) electrons. The largest absolute Gasteiger partial charge is 0.0622 e. The van der Waals surface area contributed by atoms with E-state index in [2.05, 4.69) is 174 Å². The molecule has 0 nitrogen and oxygen atoms in total. The molecule has 0 saturated heterocycles. The van der Waals surface area contributed by atoms with Gasteiger partial charge in [0.15, 0.2) is 0 Å². The summed E-state index contributed by atoms with van der Waals surface area (Å²) in [5.41, 5.74) is 9.08. The first-order valence-electron chi connectivity index (χ1n) is 10.1. The summed E-state index contributed by atoms with van der Waals surface area (Å²) in [5, 5.41) is 0. The summed E-state index contributed by atoms with van der Waals surface area (Å²) in [5.74, 6) is 6.26. The lowest BCUT2D eigenvalue weighted by Crippen LogP contribution is -1.97. The van der Waals surface area contributed by atoms with Gasteiger partial charge in [0.25, 0.3) is 0 Å². The van der Waals surface area contributed by atoms with Crippen LogP contribution in [0, 0.1) is 19.7 Å². The highest BCUT2D eigenvalue weighted by molar-refractivity contribution is 14.1. The molecule has 0 heterocycles. The number of hydrogen-bond donors (Lipinski definition) is 0. The maximum absolute atomic E-state index is 3.13. The number of rotatable bonds is 4. The van der Waals surface area contributed by atoms with E-state index in [0.29, 0.717) is 0 Å². The van der Waals surface area contributed by atoms with Crippen molar-refractivity contribution in [2.45, 2.75) is 0 Å². The first-order valence-corrected chi connectivity index (χ1v) is 12.2. The molecule has 4 rings (SSSR count). The van der Waals surface area contributed by atoms with Gasteiger partial charge in [-0.2, -0.15) is 0 Å². The summed E-state index contributed by atoms with van der Waals surface area (Å²) in [4.78, 5) is 0. The fraction of sp³-hybridized carbons (Fsp3) is 0. The van der Waals surface area contributed by atoms with E-state index in [-0.39, 0.29) is 0 Å². The molecule has 0 aliphatic carbocycles. The van der Waals surface area contributed by atoms with Crippen molar-refractivity contribution in [2.75, 3.05) is 0 Å². The van der Waals surface area contributed by atoms with E-state index < -0.39 is 0 Å². The van der Waals surface area contributed by atoms with Crippen molar-refractivity contribution in [1.29, 1.82) is 0 Å². The van der Waals surface area contributed by atoms with Crippen molar-refractivity contribution in [3.8, 4) is 19.7 Å². The smallest absolute Gasteiger partial charge is 0.0253 e. The van der Waals surface area contributed by atoms with E-state index in [1.807, 2.05) is 0 Å². The van der Waals surface area contributed by atoms with Gasteiger partial charge in [0.05, 0.1) is 0 Å². The molecule has 0 aliphatic heterocycles. The molecule has 4 aromatic carbocycles. The lowest BCUT2D eigenvalue weighted by Gasteiger charge is -2.18. The van der Waals surface area contributed by atoms with Crippen LogP contribution in [-0.4, -0.2) is 0 Å². The summed E-state index contributed by atoms with van der Waals surface area (Å²) < 4.78 is 5.90. The summed E-state index contributed by atoms with van der Waals surface area (Å²) in [6.45, 7) is 0. The van der Waals surface area contributed by atoms with Gasteiger partial charge in [-0.05, 0) is 65.5 Å². The minimum atomic E-state index is 1.01. The SMILES string of the molecule is IC#Cc1ccc(/C(=C(\c2ccccc2)c2ccc(C#CI)cc2)c2ccccc2)cc1. The third kappa shape index (κ3) is 5.33. The van der Waals surface area contributed by atoms with Crippen molar-refractivity contribution < 1.29 is 0 Å². The minimum absolute atomic E-state index is 1.01. The van der Waals surface area contributed by atoms with Crippen molar-refractivity contribution in [3.05, 3.63) is 143 Å². The highest BCUT2D eigenvalue weighted by atomic mass is 127. The fourth-order valence-corrected chi connectivity index (χ4v) is 4.29. The van der Waals surface area contributed by atoms with Crippen LogP contribution in [0.25, 0.3) is 11.1 Å². The lowest BCUT2D eigenvalue weighted by atomic mass is 9.85. The van der Waals surface area contributed by atoms with Gasteiger partial charge in [-0.3, -0.25) is 0 Å². The van der Waals surface area contributed by atoms with Gasteiger partial charge >= 0.3 is 0 Å². The Labute approximate surface area is 217 Å². The first kappa shape index (κ1) is 22.4. The van der Waals surface area contributed by atoms with Gasteiger partial charge < -0.3 is 0 Å². The molecule has 0 unspecified atom stereocenters.